The van der Waals surface area contributed by atoms with Crippen LogP contribution in [0.2, 0.25) is 0 Å². The van der Waals surface area contributed by atoms with Crippen LogP contribution >= 0.6 is 11.3 Å². The molecule has 1 aromatic carbocycles. The molecule has 0 bridgehead atoms. The van der Waals surface area contributed by atoms with E-state index in [0.717, 1.165) is 25.2 Å². The molecule has 0 aliphatic carbocycles. The number of aromatic nitrogens is 4. The summed E-state index contributed by atoms with van der Waals surface area (Å²) in [5.74, 6) is 0.489. The van der Waals surface area contributed by atoms with Crippen LogP contribution < -0.4 is 10.6 Å². The smallest absolute Gasteiger partial charge is 0.259 e. The van der Waals surface area contributed by atoms with Gasteiger partial charge in [-0.05, 0) is 36.1 Å². The van der Waals surface area contributed by atoms with Gasteiger partial charge in [-0.3, -0.25) is 10.1 Å². The summed E-state index contributed by atoms with van der Waals surface area (Å²) < 4.78 is 0. The molecule has 3 aromatic heterocycles. The van der Waals surface area contributed by atoms with Gasteiger partial charge in [0.25, 0.3) is 5.91 Å². The van der Waals surface area contributed by atoms with Crippen molar-refractivity contribution in [3.63, 3.8) is 0 Å². The Morgan fingerprint density at radius 2 is 2.14 bits per heavy atom. The first-order valence-corrected chi connectivity index (χ1v) is 9.98. The number of hydrogen-bond donors (Lipinski definition) is 3. The van der Waals surface area contributed by atoms with Gasteiger partial charge >= 0.3 is 0 Å². The zero-order valence-electron chi connectivity index (χ0n) is 15.4. The normalized spacial score (nSPS) is 10.9. The summed E-state index contributed by atoms with van der Waals surface area (Å²) in [5, 5.41) is 15.2. The van der Waals surface area contributed by atoms with Gasteiger partial charge in [-0.2, -0.15) is 0 Å². The molecule has 8 heteroatoms. The summed E-state index contributed by atoms with van der Waals surface area (Å²) in [5.41, 5.74) is 5.89. The first-order valence-electron chi connectivity index (χ1n) is 9.10. The van der Waals surface area contributed by atoms with Crippen LogP contribution in [-0.2, 0) is 12.8 Å². The number of hydrogen-bond acceptors (Lipinski definition) is 6. The number of pyridine rings is 1. The molecule has 3 N–H and O–H groups in total. The highest BCUT2D eigenvalue weighted by molar-refractivity contribution is 7.13. The number of H-pyrrole nitrogens is 1. The standard InChI is InChI=1S/C20H20N6OS/c1-2-13-4-3-5-16-14(10-23-18(13)16)8-9-21-17-7-6-15(11-22-17)19(27)25-20-26-24-12-28-20/h3-7,10-12,23H,2,8-9H2,1H3,(H,21,22)(H,25,26,27). The molecule has 28 heavy (non-hydrogen) atoms. The Bertz CT molecular complexity index is 1070. The van der Waals surface area contributed by atoms with Gasteiger partial charge in [-0.1, -0.05) is 36.5 Å². The Balaban J connectivity index is 1.35. The van der Waals surface area contributed by atoms with E-state index >= 15 is 0 Å². The number of carbonyl (C=O) groups is 1. The Hall–Kier alpha value is -3.26. The molecule has 0 spiro atoms. The number of aromatic amines is 1. The van der Waals surface area contributed by atoms with Crippen molar-refractivity contribution < 1.29 is 4.79 Å². The second-order valence-electron chi connectivity index (χ2n) is 6.31. The van der Waals surface area contributed by atoms with Gasteiger partial charge in [0.1, 0.15) is 11.3 Å². The van der Waals surface area contributed by atoms with Crippen LogP contribution in [-0.4, -0.2) is 32.6 Å². The molecule has 0 fully saturated rings. The zero-order chi connectivity index (χ0) is 19.3. The van der Waals surface area contributed by atoms with Crippen molar-refractivity contribution in [2.45, 2.75) is 19.8 Å². The van der Waals surface area contributed by atoms with E-state index in [1.807, 2.05) is 0 Å². The highest BCUT2D eigenvalue weighted by Crippen LogP contribution is 2.22. The summed E-state index contributed by atoms with van der Waals surface area (Å²) in [6, 6.07) is 9.97. The maximum Gasteiger partial charge on any atom is 0.259 e. The van der Waals surface area contributed by atoms with Gasteiger partial charge in [-0.25, -0.2) is 4.98 Å². The molecule has 0 aliphatic heterocycles. The Morgan fingerprint density at radius 1 is 1.21 bits per heavy atom. The predicted molar refractivity (Wildman–Crippen MR) is 112 cm³/mol. The van der Waals surface area contributed by atoms with Gasteiger partial charge in [0.2, 0.25) is 5.13 Å². The average Bonchev–Trinajstić information content (AvgIpc) is 3.38. The number of rotatable bonds is 7. The minimum absolute atomic E-state index is 0.249. The number of nitrogens with one attached hydrogen (secondary N) is 3. The fourth-order valence-corrected chi connectivity index (χ4v) is 3.57. The third-order valence-electron chi connectivity index (χ3n) is 4.57. The molecule has 0 radical (unpaired) electrons. The molecule has 4 rings (SSSR count). The highest BCUT2D eigenvalue weighted by atomic mass is 32.1. The fraction of sp³-hybridized carbons (Fsp3) is 0.200. The Labute approximate surface area is 166 Å². The molecule has 7 nitrogen and oxygen atoms in total. The number of nitrogens with zero attached hydrogens (tertiary/aromatic N) is 3. The van der Waals surface area contributed by atoms with Gasteiger partial charge in [0.05, 0.1) is 5.56 Å². The molecule has 4 aromatic rings. The maximum atomic E-state index is 12.1. The van der Waals surface area contributed by atoms with Gasteiger partial charge < -0.3 is 10.3 Å². The fourth-order valence-electron chi connectivity index (χ4n) is 3.13. The average molecular weight is 392 g/mol. The van der Waals surface area contributed by atoms with Crippen LogP contribution in [0.1, 0.15) is 28.4 Å². The van der Waals surface area contributed by atoms with Crippen molar-refractivity contribution in [2.75, 3.05) is 17.2 Å². The third kappa shape index (κ3) is 3.86. The summed E-state index contributed by atoms with van der Waals surface area (Å²) in [6.07, 6.45) is 5.53. The van der Waals surface area contributed by atoms with Crippen LogP contribution in [0.15, 0.2) is 48.2 Å². The molecule has 0 saturated carbocycles. The molecule has 0 atom stereocenters. The molecular formula is C20H20N6OS. The van der Waals surface area contributed by atoms with E-state index < -0.39 is 0 Å². The zero-order valence-corrected chi connectivity index (χ0v) is 16.2. The van der Waals surface area contributed by atoms with Crippen molar-refractivity contribution in [1.82, 2.24) is 20.2 Å². The SMILES string of the molecule is CCc1cccc2c(CCNc3ccc(C(=O)Nc4nncs4)cn3)c[nH]c12. The highest BCUT2D eigenvalue weighted by Gasteiger charge is 2.09. The van der Waals surface area contributed by atoms with Gasteiger partial charge in [0, 0.05) is 29.8 Å². The van der Waals surface area contributed by atoms with Crippen LogP contribution in [0.25, 0.3) is 10.9 Å². The first kappa shape index (κ1) is 18.1. The van der Waals surface area contributed by atoms with E-state index in [4.69, 9.17) is 0 Å². The maximum absolute atomic E-state index is 12.1. The number of para-hydroxylation sites is 1. The lowest BCUT2D eigenvalue weighted by atomic mass is 10.1. The first-order chi connectivity index (χ1) is 13.7. The Kier molecular flexibility index (Phi) is 5.29. The number of benzene rings is 1. The summed E-state index contributed by atoms with van der Waals surface area (Å²) >= 11 is 1.27. The number of fused-ring (bicyclic) bond motifs is 1. The van der Waals surface area contributed by atoms with Gasteiger partial charge in [-0.15, -0.1) is 10.2 Å². The molecule has 142 valence electrons. The molecular weight excluding hydrogens is 372 g/mol. The number of carbonyl (C=O) groups excluding carboxylic acids is 1. The lowest BCUT2D eigenvalue weighted by Gasteiger charge is -2.06. The quantitative estimate of drug-likeness (QED) is 0.443. The lowest BCUT2D eigenvalue weighted by Crippen LogP contribution is -2.13. The number of amides is 1. The van der Waals surface area contributed by atoms with E-state index in [1.165, 1.54) is 33.4 Å². The molecule has 3 heterocycles. The minimum Gasteiger partial charge on any atom is -0.370 e. The molecule has 0 unspecified atom stereocenters. The van der Waals surface area contributed by atoms with Crippen LogP contribution in [0, 0.1) is 0 Å². The van der Waals surface area contributed by atoms with Crippen LogP contribution in [0.4, 0.5) is 10.9 Å². The van der Waals surface area contributed by atoms with E-state index in [1.54, 1.807) is 23.8 Å². The monoisotopic (exact) mass is 392 g/mol. The summed E-state index contributed by atoms with van der Waals surface area (Å²) in [7, 11) is 0. The molecule has 1 amide bonds. The van der Waals surface area contributed by atoms with E-state index in [0.29, 0.717) is 10.7 Å². The molecule has 0 aliphatic rings. The van der Waals surface area contributed by atoms with E-state index in [-0.39, 0.29) is 5.91 Å². The van der Waals surface area contributed by atoms with Crippen LogP contribution in [0.5, 0.6) is 0 Å². The van der Waals surface area contributed by atoms with E-state index in [2.05, 4.69) is 62.1 Å². The number of anilines is 2. The minimum atomic E-state index is -0.249. The summed E-state index contributed by atoms with van der Waals surface area (Å²) in [4.78, 5) is 19.9. The molecule has 0 saturated heterocycles. The van der Waals surface area contributed by atoms with Crippen molar-refractivity contribution in [3.05, 3.63) is 64.9 Å². The van der Waals surface area contributed by atoms with Gasteiger partial charge in [0.15, 0.2) is 0 Å². The van der Waals surface area contributed by atoms with E-state index in [9.17, 15) is 4.79 Å². The lowest BCUT2D eigenvalue weighted by molar-refractivity contribution is 0.102. The van der Waals surface area contributed by atoms with Crippen molar-refractivity contribution in [2.24, 2.45) is 0 Å². The van der Waals surface area contributed by atoms with Crippen LogP contribution in [0.3, 0.4) is 0 Å². The number of aryl methyl sites for hydroxylation is 1. The predicted octanol–water partition coefficient (Wildman–Crippen LogP) is 3.88. The second kappa shape index (κ2) is 8.18. The van der Waals surface area contributed by atoms with Crippen molar-refractivity contribution in [3.8, 4) is 0 Å². The second-order valence-corrected chi connectivity index (χ2v) is 7.15. The topological polar surface area (TPSA) is 95.6 Å². The summed E-state index contributed by atoms with van der Waals surface area (Å²) in [6.45, 7) is 2.92. The Morgan fingerprint density at radius 3 is 2.89 bits per heavy atom. The largest absolute Gasteiger partial charge is 0.370 e. The van der Waals surface area contributed by atoms with Crippen molar-refractivity contribution >= 4 is 39.1 Å². The van der Waals surface area contributed by atoms with Crippen molar-refractivity contribution in [1.29, 1.82) is 0 Å². The third-order valence-corrected chi connectivity index (χ3v) is 5.18.